The topological polar surface area (TPSA) is 80.6 Å². The van der Waals surface area contributed by atoms with Gasteiger partial charge in [0.15, 0.2) is 0 Å². The van der Waals surface area contributed by atoms with Gasteiger partial charge in [0.05, 0.1) is 31.2 Å². The summed E-state index contributed by atoms with van der Waals surface area (Å²) in [6, 6.07) is 23.3. The molecule has 2 saturated heterocycles. The van der Waals surface area contributed by atoms with Gasteiger partial charge in [0.25, 0.3) is 0 Å². The highest BCUT2D eigenvalue weighted by Crippen LogP contribution is 2.57. The Morgan fingerprint density at radius 3 is 1.98 bits per heavy atom. The van der Waals surface area contributed by atoms with Crippen LogP contribution in [0.25, 0.3) is 22.3 Å². The first-order valence-corrected chi connectivity index (χ1v) is 14.1. The van der Waals surface area contributed by atoms with E-state index in [1.54, 1.807) is 23.9 Å². The van der Waals surface area contributed by atoms with Crippen molar-refractivity contribution in [2.24, 2.45) is 0 Å². The van der Waals surface area contributed by atoms with Crippen LogP contribution >= 0.6 is 11.8 Å². The van der Waals surface area contributed by atoms with E-state index >= 15 is 0 Å². The third-order valence-corrected chi connectivity index (χ3v) is 10.0. The van der Waals surface area contributed by atoms with E-state index in [9.17, 15) is 10.2 Å². The molecule has 2 spiro atoms. The van der Waals surface area contributed by atoms with E-state index in [1.165, 1.54) is 0 Å². The summed E-state index contributed by atoms with van der Waals surface area (Å²) in [5.41, 5.74) is 7.44. The molecule has 0 saturated carbocycles. The van der Waals surface area contributed by atoms with Crippen LogP contribution in [0.1, 0.15) is 11.1 Å². The van der Waals surface area contributed by atoms with Crippen LogP contribution in [0.3, 0.4) is 0 Å². The molecule has 0 bridgehead atoms. The average Bonchev–Trinajstić information content (AvgIpc) is 2.91. The first-order chi connectivity index (χ1) is 19.5. The summed E-state index contributed by atoms with van der Waals surface area (Å²) in [4.78, 5) is 3.37. The normalized spacial score (nSPS) is 18.6. The molecule has 202 valence electrons. The summed E-state index contributed by atoms with van der Waals surface area (Å²) in [7, 11) is 2.07. The van der Waals surface area contributed by atoms with Crippen molar-refractivity contribution in [1.29, 1.82) is 0 Å². The van der Waals surface area contributed by atoms with Crippen molar-refractivity contribution < 1.29 is 29.2 Å². The lowest BCUT2D eigenvalue weighted by Gasteiger charge is -2.53. The second-order valence-corrected chi connectivity index (χ2v) is 12.3. The maximum Gasteiger partial charge on any atom is 0.230 e. The van der Waals surface area contributed by atoms with E-state index in [2.05, 4.69) is 30.1 Å². The lowest BCUT2D eigenvalue weighted by Crippen LogP contribution is -2.60. The molecule has 4 aromatic carbocycles. The summed E-state index contributed by atoms with van der Waals surface area (Å²) < 4.78 is 23.2. The summed E-state index contributed by atoms with van der Waals surface area (Å²) >= 11 is 1.77. The number of benzene rings is 4. The van der Waals surface area contributed by atoms with Gasteiger partial charge in [0.1, 0.15) is 28.5 Å². The van der Waals surface area contributed by atoms with Crippen LogP contribution in [0.4, 0.5) is 5.69 Å². The van der Waals surface area contributed by atoms with Gasteiger partial charge < -0.3 is 34.1 Å². The molecule has 7 nitrogen and oxygen atoms in total. The minimum absolute atomic E-state index is 0.0728. The van der Waals surface area contributed by atoms with Crippen LogP contribution < -0.4 is 14.4 Å². The Morgan fingerprint density at radius 2 is 1.32 bits per heavy atom. The number of aromatic hydroxyl groups is 2. The van der Waals surface area contributed by atoms with E-state index in [0.29, 0.717) is 26.4 Å². The van der Waals surface area contributed by atoms with Gasteiger partial charge in [-0.15, -0.1) is 11.8 Å². The van der Waals surface area contributed by atoms with E-state index in [4.69, 9.17) is 18.9 Å². The van der Waals surface area contributed by atoms with Crippen LogP contribution in [0, 0.1) is 0 Å². The minimum atomic E-state index is -0.294. The molecule has 8 rings (SSSR count). The summed E-state index contributed by atoms with van der Waals surface area (Å²) in [6.07, 6.45) is 0. The van der Waals surface area contributed by atoms with Crippen molar-refractivity contribution >= 4 is 17.4 Å². The zero-order valence-electron chi connectivity index (χ0n) is 21.8. The van der Waals surface area contributed by atoms with Crippen LogP contribution in [0.5, 0.6) is 23.0 Å². The number of thioether (sulfide) groups is 1. The van der Waals surface area contributed by atoms with E-state index in [0.717, 1.165) is 55.5 Å². The van der Waals surface area contributed by atoms with Crippen LogP contribution in [0.2, 0.25) is 0 Å². The summed E-state index contributed by atoms with van der Waals surface area (Å²) in [5, 5.41) is 20.3. The summed E-state index contributed by atoms with van der Waals surface area (Å²) in [5.74, 6) is 1.99. The molecule has 2 fully saturated rings. The van der Waals surface area contributed by atoms with Crippen LogP contribution in [-0.4, -0.2) is 50.5 Å². The Bertz CT molecular complexity index is 1680. The number of anilines is 1. The fourth-order valence-electron chi connectivity index (χ4n) is 6.29. The fourth-order valence-corrected chi connectivity index (χ4v) is 7.74. The molecule has 0 radical (unpaired) electrons. The van der Waals surface area contributed by atoms with Gasteiger partial charge in [-0.05, 0) is 82.4 Å². The van der Waals surface area contributed by atoms with Crippen LogP contribution in [0.15, 0.2) is 77.7 Å². The molecule has 2 N–H and O–H groups in total. The molecule has 8 heteroatoms. The van der Waals surface area contributed by atoms with Crippen molar-refractivity contribution in [2.75, 3.05) is 45.2 Å². The van der Waals surface area contributed by atoms with E-state index in [1.807, 2.05) is 42.5 Å². The molecule has 4 aliphatic heterocycles. The highest BCUT2D eigenvalue weighted by Gasteiger charge is 2.49. The molecule has 0 amide bonds. The molecule has 0 unspecified atom stereocenters. The Hall–Kier alpha value is -3.85. The molecule has 4 aromatic rings. The maximum atomic E-state index is 10.2. The molecule has 0 aromatic heterocycles. The Morgan fingerprint density at radius 1 is 0.725 bits per heavy atom. The predicted molar refractivity (Wildman–Crippen MR) is 152 cm³/mol. The Balaban J connectivity index is 1.03. The van der Waals surface area contributed by atoms with Gasteiger partial charge in [0.2, 0.25) is 6.79 Å². The standard InChI is InChI=1S/C32H27NO6S/c1-33-29-12-21(4-8-25(29)23-6-2-19(34)10-27(23)31(33)14-36-15-31)38-18-39-22-5-9-26-24-7-3-20(35)11-28(24)32(16-37-17-32)40-30(26)13-22/h2-13,34-35H,14-18H2,1H3. The first kappa shape index (κ1) is 24.0. The highest BCUT2D eigenvalue weighted by molar-refractivity contribution is 8.00. The minimum Gasteiger partial charge on any atom is -0.508 e. The average molecular weight is 554 g/mol. The number of hydrogen-bond acceptors (Lipinski definition) is 8. The second kappa shape index (κ2) is 8.57. The smallest absolute Gasteiger partial charge is 0.230 e. The third kappa shape index (κ3) is 3.39. The monoisotopic (exact) mass is 553 g/mol. The fraction of sp³-hybridized carbons (Fsp3) is 0.250. The Kier molecular flexibility index (Phi) is 5.14. The molecule has 0 atom stereocenters. The lowest BCUT2D eigenvalue weighted by atomic mass is 9.77. The number of ether oxygens (including phenoxy) is 4. The van der Waals surface area contributed by atoms with Crippen molar-refractivity contribution in [3.63, 3.8) is 0 Å². The van der Waals surface area contributed by atoms with E-state index in [-0.39, 0.29) is 28.6 Å². The van der Waals surface area contributed by atoms with Gasteiger partial charge in [-0.3, -0.25) is 0 Å². The van der Waals surface area contributed by atoms with Gasteiger partial charge in [-0.2, -0.15) is 0 Å². The quantitative estimate of drug-likeness (QED) is 0.305. The van der Waals surface area contributed by atoms with Crippen molar-refractivity contribution in [2.45, 2.75) is 15.2 Å². The molecule has 4 aliphatic rings. The SMILES string of the molecule is CN1c2cc(OCOc3ccc4c(c3)SC3(COC3)c3cc(O)ccc3-4)ccc2-c2ccc(O)cc2C12COC2. The number of rotatable bonds is 4. The lowest BCUT2D eigenvalue weighted by molar-refractivity contribution is -0.0595. The number of hydrogen-bond donors (Lipinski definition) is 2. The van der Waals surface area contributed by atoms with Gasteiger partial charge in [0, 0.05) is 29.3 Å². The van der Waals surface area contributed by atoms with Gasteiger partial charge >= 0.3 is 0 Å². The first-order valence-electron chi connectivity index (χ1n) is 13.3. The number of phenolic OH excluding ortho intramolecular Hbond substituents is 2. The molecular weight excluding hydrogens is 526 g/mol. The molecule has 40 heavy (non-hydrogen) atoms. The summed E-state index contributed by atoms with van der Waals surface area (Å²) in [6.45, 7) is 2.45. The highest BCUT2D eigenvalue weighted by atomic mass is 32.2. The number of nitrogens with zero attached hydrogens (tertiary/aromatic N) is 1. The molecule has 0 aliphatic carbocycles. The zero-order valence-corrected chi connectivity index (χ0v) is 22.7. The van der Waals surface area contributed by atoms with Crippen molar-refractivity contribution in [1.82, 2.24) is 0 Å². The maximum absolute atomic E-state index is 10.2. The Labute approximate surface area is 235 Å². The molecule has 4 heterocycles. The van der Waals surface area contributed by atoms with Crippen molar-refractivity contribution in [3.05, 3.63) is 83.9 Å². The number of phenols is 2. The second-order valence-electron chi connectivity index (χ2n) is 10.9. The largest absolute Gasteiger partial charge is 0.508 e. The molecular formula is C32H27NO6S. The number of fused-ring (bicyclic) bond motifs is 8. The van der Waals surface area contributed by atoms with E-state index < -0.39 is 0 Å². The van der Waals surface area contributed by atoms with Crippen LogP contribution in [-0.2, 0) is 19.8 Å². The van der Waals surface area contributed by atoms with Gasteiger partial charge in [-0.25, -0.2) is 0 Å². The predicted octanol–water partition coefficient (Wildman–Crippen LogP) is 5.85. The number of likely N-dealkylation sites (N-methyl/N-ethyl adjacent to an activating group) is 1. The van der Waals surface area contributed by atoms with Crippen molar-refractivity contribution in [3.8, 4) is 45.3 Å². The zero-order chi connectivity index (χ0) is 27.1. The van der Waals surface area contributed by atoms with Gasteiger partial charge in [-0.1, -0.05) is 12.1 Å². The third-order valence-electron chi connectivity index (χ3n) is 8.61.